The number of nitrogens with one attached hydrogen (secondary N) is 1. The highest BCUT2D eigenvalue weighted by Gasteiger charge is 2.26. The Kier molecular flexibility index (Phi) is 6.68. The summed E-state index contributed by atoms with van der Waals surface area (Å²) in [5, 5.41) is 3.69. The van der Waals surface area contributed by atoms with Gasteiger partial charge in [0.25, 0.3) is 0 Å². The lowest BCUT2D eigenvalue weighted by molar-refractivity contribution is -0.0383. The number of likely N-dealkylation sites (N-methyl/N-ethyl adjacent to an activating group) is 1. The Morgan fingerprint density at radius 1 is 1.24 bits per heavy atom. The van der Waals surface area contributed by atoms with Crippen molar-refractivity contribution in [2.45, 2.75) is 45.3 Å². The fraction of sp³-hybridized carbons (Fsp3) is 0.667. The smallest absolute Gasteiger partial charge is 0.0858 e. The highest BCUT2D eigenvalue weighted by Crippen LogP contribution is 2.14. The Hall–Kier alpha value is -0.900. The van der Waals surface area contributed by atoms with Gasteiger partial charge in [-0.15, -0.1) is 0 Å². The maximum Gasteiger partial charge on any atom is 0.0858 e. The molecule has 2 unspecified atom stereocenters. The molecule has 1 heterocycles. The van der Waals surface area contributed by atoms with Gasteiger partial charge in [-0.2, -0.15) is 0 Å². The molecule has 3 nitrogen and oxygen atoms in total. The molecular formula is C18H30N2O. The van der Waals surface area contributed by atoms with Crippen molar-refractivity contribution in [1.82, 2.24) is 10.2 Å². The van der Waals surface area contributed by atoms with Crippen LogP contribution in [0.2, 0.25) is 0 Å². The molecule has 1 fully saturated rings. The molecule has 118 valence electrons. The molecule has 0 aromatic heterocycles. The van der Waals surface area contributed by atoms with Crippen molar-refractivity contribution in [3.63, 3.8) is 0 Å². The van der Waals surface area contributed by atoms with Gasteiger partial charge in [-0.3, -0.25) is 0 Å². The van der Waals surface area contributed by atoms with Crippen molar-refractivity contribution in [3.05, 3.63) is 35.4 Å². The summed E-state index contributed by atoms with van der Waals surface area (Å²) in [5.41, 5.74) is 2.81. The van der Waals surface area contributed by atoms with Gasteiger partial charge in [0.05, 0.1) is 12.7 Å². The zero-order valence-corrected chi connectivity index (χ0v) is 13.8. The quantitative estimate of drug-likeness (QED) is 0.835. The van der Waals surface area contributed by atoms with E-state index in [1.165, 1.54) is 11.1 Å². The highest BCUT2D eigenvalue weighted by molar-refractivity contribution is 5.23. The van der Waals surface area contributed by atoms with Crippen LogP contribution in [0.5, 0.6) is 0 Å². The Morgan fingerprint density at radius 3 is 2.57 bits per heavy atom. The maximum atomic E-state index is 6.02. The van der Waals surface area contributed by atoms with Crippen LogP contribution in [-0.4, -0.2) is 50.3 Å². The molecule has 2 rings (SSSR count). The second-order valence-corrected chi connectivity index (χ2v) is 6.11. The average molecular weight is 290 g/mol. The fourth-order valence-corrected chi connectivity index (χ4v) is 2.88. The molecular weight excluding hydrogens is 260 g/mol. The largest absolute Gasteiger partial charge is 0.374 e. The summed E-state index contributed by atoms with van der Waals surface area (Å²) in [6.45, 7) is 8.39. The van der Waals surface area contributed by atoms with Crippen LogP contribution in [0, 0.1) is 0 Å². The van der Waals surface area contributed by atoms with Gasteiger partial charge in [-0.1, -0.05) is 38.1 Å². The van der Waals surface area contributed by atoms with Crippen molar-refractivity contribution in [1.29, 1.82) is 0 Å². The minimum atomic E-state index is 0.293. The number of benzene rings is 1. The maximum absolute atomic E-state index is 6.02. The topological polar surface area (TPSA) is 24.5 Å². The van der Waals surface area contributed by atoms with Gasteiger partial charge >= 0.3 is 0 Å². The molecule has 0 radical (unpaired) electrons. The van der Waals surface area contributed by atoms with E-state index in [4.69, 9.17) is 4.74 Å². The second kappa shape index (κ2) is 8.52. The van der Waals surface area contributed by atoms with Crippen LogP contribution in [0.15, 0.2) is 24.3 Å². The van der Waals surface area contributed by atoms with E-state index >= 15 is 0 Å². The Balaban J connectivity index is 2.00. The third kappa shape index (κ3) is 5.10. The summed E-state index contributed by atoms with van der Waals surface area (Å²) in [4.78, 5) is 2.37. The number of morpholine rings is 1. The van der Waals surface area contributed by atoms with Gasteiger partial charge in [-0.05, 0) is 44.0 Å². The SMILES string of the molecule is CCCNC(Cc1ccc(CC)cc1)C1CN(C)CCO1. The van der Waals surface area contributed by atoms with Gasteiger partial charge in [0, 0.05) is 19.1 Å². The first kappa shape index (κ1) is 16.5. The van der Waals surface area contributed by atoms with Gasteiger partial charge in [-0.25, -0.2) is 0 Å². The van der Waals surface area contributed by atoms with E-state index < -0.39 is 0 Å². The van der Waals surface area contributed by atoms with Crippen LogP contribution in [0.25, 0.3) is 0 Å². The lowest BCUT2D eigenvalue weighted by Crippen LogP contribution is -2.52. The van der Waals surface area contributed by atoms with Crippen LogP contribution in [0.1, 0.15) is 31.4 Å². The van der Waals surface area contributed by atoms with E-state index in [9.17, 15) is 0 Å². The summed E-state index contributed by atoms with van der Waals surface area (Å²) < 4.78 is 6.02. The Bertz CT molecular complexity index is 404. The van der Waals surface area contributed by atoms with Crippen LogP contribution < -0.4 is 5.32 Å². The van der Waals surface area contributed by atoms with E-state index in [-0.39, 0.29) is 0 Å². The molecule has 1 saturated heterocycles. The van der Waals surface area contributed by atoms with Crippen molar-refractivity contribution in [2.75, 3.05) is 33.3 Å². The zero-order valence-electron chi connectivity index (χ0n) is 13.8. The molecule has 3 heteroatoms. The van der Waals surface area contributed by atoms with Crippen molar-refractivity contribution >= 4 is 0 Å². The van der Waals surface area contributed by atoms with Crippen LogP contribution >= 0.6 is 0 Å². The molecule has 0 bridgehead atoms. The van der Waals surface area contributed by atoms with E-state index in [0.29, 0.717) is 12.1 Å². The van der Waals surface area contributed by atoms with Crippen molar-refractivity contribution < 1.29 is 4.74 Å². The minimum absolute atomic E-state index is 0.293. The first-order valence-electron chi connectivity index (χ1n) is 8.34. The molecule has 1 aromatic rings. The number of hydrogen-bond acceptors (Lipinski definition) is 3. The second-order valence-electron chi connectivity index (χ2n) is 6.11. The number of ether oxygens (including phenoxy) is 1. The first-order valence-corrected chi connectivity index (χ1v) is 8.34. The molecule has 0 amide bonds. The summed E-state index contributed by atoms with van der Waals surface area (Å²) >= 11 is 0. The fourth-order valence-electron chi connectivity index (χ4n) is 2.88. The molecule has 0 aliphatic carbocycles. The predicted molar refractivity (Wildman–Crippen MR) is 88.8 cm³/mol. The van der Waals surface area contributed by atoms with Crippen LogP contribution in [-0.2, 0) is 17.6 Å². The van der Waals surface area contributed by atoms with Crippen LogP contribution in [0.3, 0.4) is 0 Å². The van der Waals surface area contributed by atoms with Crippen molar-refractivity contribution in [3.8, 4) is 0 Å². The Morgan fingerprint density at radius 2 is 1.95 bits per heavy atom. The highest BCUT2D eigenvalue weighted by atomic mass is 16.5. The summed E-state index contributed by atoms with van der Waals surface area (Å²) in [7, 11) is 2.18. The average Bonchev–Trinajstić information content (AvgIpc) is 2.52. The monoisotopic (exact) mass is 290 g/mol. The molecule has 0 saturated carbocycles. The number of nitrogens with zero attached hydrogens (tertiary/aromatic N) is 1. The lowest BCUT2D eigenvalue weighted by Gasteiger charge is -2.35. The molecule has 1 aliphatic rings. The first-order chi connectivity index (χ1) is 10.2. The zero-order chi connectivity index (χ0) is 15.1. The minimum Gasteiger partial charge on any atom is -0.374 e. The van der Waals surface area contributed by atoms with Gasteiger partial charge in [0.1, 0.15) is 0 Å². The van der Waals surface area contributed by atoms with E-state index in [2.05, 4.69) is 55.4 Å². The molecule has 0 spiro atoms. The normalized spacial score (nSPS) is 21.4. The molecule has 2 atom stereocenters. The predicted octanol–water partition coefficient (Wildman–Crippen LogP) is 2.49. The standard InChI is InChI=1S/C18H30N2O/c1-4-10-19-17(18-14-20(3)11-12-21-18)13-16-8-6-15(5-2)7-9-16/h6-9,17-19H,4-5,10-14H2,1-3H3. The van der Waals surface area contributed by atoms with Crippen molar-refractivity contribution in [2.24, 2.45) is 0 Å². The Labute approximate surface area is 129 Å². The summed E-state index contributed by atoms with van der Waals surface area (Å²) in [5.74, 6) is 0. The van der Waals surface area contributed by atoms with Gasteiger partial charge in [0.15, 0.2) is 0 Å². The summed E-state index contributed by atoms with van der Waals surface area (Å²) in [6.07, 6.45) is 3.60. The van der Waals surface area contributed by atoms with E-state index in [1.54, 1.807) is 0 Å². The van der Waals surface area contributed by atoms with Gasteiger partial charge < -0.3 is 15.0 Å². The lowest BCUT2D eigenvalue weighted by atomic mass is 9.98. The van der Waals surface area contributed by atoms with Gasteiger partial charge in [0.2, 0.25) is 0 Å². The number of aryl methyl sites for hydroxylation is 1. The number of rotatable bonds is 7. The van der Waals surface area contributed by atoms with E-state index in [0.717, 1.165) is 45.5 Å². The third-order valence-electron chi connectivity index (χ3n) is 4.29. The summed E-state index contributed by atoms with van der Waals surface area (Å²) in [6, 6.07) is 9.44. The van der Waals surface area contributed by atoms with E-state index in [1.807, 2.05) is 0 Å². The van der Waals surface area contributed by atoms with Crippen LogP contribution in [0.4, 0.5) is 0 Å². The third-order valence-corrected chi connectivity index (χ3v) is 4.29. The molecule has 1 N–H and O–H groups in total. The molecule has 21 heavy (non-hydrogen) atoms. The molecule has 1 aromatic carbocycles. The molecule has 1 aliphatic heterocycles. The number of hydrogen-bond donors (Lipinski definition) is 1.